The second kappa shape index (κ2) is 7.79. The Morgan fingerprint density at radius 2 is 2.24 bits per heavy atom. The fraction of sp³-hybridized carbons (Fsp3) is 0.722. The third-order valence-corrected chi connectivity index (χ3v) is 5.05. The van der Waals surface area contributed by atoms with E-state index in [-0.39, 0.29) is 6.42 Å². The lowest BCUT2D eigenvalue weighted by atomic mass is 9.68. The molecule has 2 aliphatic carbocycles. The first-order valence-electron chi connectivity index (χ1n) is 8.36. The third kappa shape index (κ3) is 4.70. The van der Waals surface area contributed by atoms with Crippen LogP contribution in [0.4, 0.5) is 0 Å². The molecule has 3 nitrogen and oxygen atoms in total. The summed E-state index contributed by atoms with van der Waals surface area (Å²) in [6.07, 6.45) is 13.9. The third-order valence-electron chi connectivity index (χ3n) is 5.05. The standard InChI is InChI=1S/C18H28O3/c1-13-10-11-14-6-2-4-9-17(14)16(13)8-5-3-7-15(19)12-18(20)21/h6,10-11,13,15-17,19H,2-5,7-9,12H2,1H3,(H,20,21)/t13-,15+,16?,17?/m0/s1. The highest BCUT2D eigenvalue weighted by Crippen LogP contribution is 2.42. The molecule has 0 radical (unpaired) electrons. The molecular formula is C18H28O3. The van der Waals surface area contributed by atoms with Crippen molar-refractivity contribution in [2.45, 2.75) is 64.4 Å². The van der Waals surface area contributed by atoms with Crippen molar-refractivity contribution >= 4 is 5.97 Å². The first kappa shape index (κ1) is 16.3. The van der Waals surface area contributed by atoms with Crippen LogP contribution >= 0.6 is 0 Å². The molecule has 0 saturated heterocycles. The van der Waals surface area contributed by atoms with Gasteiger partial charge in [-0.15, -0.1) is 0 Å². The minimum absolute atomic E-state index is 0.127. The predicted molar refractivity (Wildman–Crippen MR) is 83.9 cm³/mol. The molecule has 0 bridgehead atoms. The first-order valence-corrected chi connectivity index (χ1v) is 8.36. The van der Waals surface area contributed by atoms with Crippen LogP contribution in [0.5, 0.6) is 0 Å². The predicted octanol–water partition coefficient (Wildman–Crippen LogP) is 3.93. The largest absolute Gasteiger partial charge is 0.481 e. The average Bonchev–Trinajstić information content (AvgIpc) is 2.44. The van der Waals surface area contributed by atoms with E-state index in [1.807, 2.05) is 0 Å². The van der Waals surface area contributed by atoms with Crippen LogP contribution in [0.15, 0.2) is 23.8 Å². The molecule has 2 unspecified atom stereocenters. The summed E-state index contributed by atoms with van der Waals surface area (Å²) in [5, 5.41) is 18.2. The molecule has 21 heavy (non-hydrogen) atoms. The van der Waals surface area contributed by atoms with E-state index in [1.165, 1.54) is 31.3 Å². The fourth-order valence-corrected chi connectivity index (χ4v) is 3.88. The monoisotopic (exact) mass is 292 g/mol. The summed E-state index contributed by atoms with van der Waals surface area (Å²) in [4.78, 5) is 10.5. The SMILES string of the molecule is C[C@H]1C=CC2=CCCCC2C1CCCC[C@@H](O)CC(=O)O. The molecule has 3 heteroatoms. The Morgan fingerprint density at radius 3 is 3.00 bits per heavy atom. The second-order valence-corrected chi connectivity index (χ2v) is 6.66. The van der Waals surface area contributed by atoms with Gasteiger partial charge in [-0.05, 0) is 55.4 Å². The molecule has 0 amide bonds. The number of aliphatic hydroxyl groups excluding tert-OH is 1. The van der Waals surface area contributed by atoms with Crippen molar-refractivity contribution in [1.82, 2.24) is 0 Å². The van der Waals surface area contributed by atoms with Gasteiger partial charge in [0, 0.05) is 0 Å². The summed E-state index contributed by atoms with van der Waals surface area (Å²) in [5.41, 5.74) is 1.54. The number of fused-ring (bicyclic) bond motifs is 1. The van der Waals surface area contributed by atoms with Gasteiger partial charge in [-0.3, -0.25) is 4.79 Å². The van der Waals surface area contributed by atoms with Crippen molar-refractivity contribution in [3.05, 3.63) is 23.8 Å². The maximum atomic E-state index is 10.5. The smallest absolute Gasteiger partial charge is 0.305 e. The van der Waals surface area contributed by atoms with Crippen molar-refractivity contribution < 1.29 is 15.0 Å². The molecule has 4 atom stereocenters. The zero-order chi connectivity index (χ0) is 15.2. The number of aliphatic carboxylic acids is 1. The van der Waals surface area contributed by atoms with Crippen molar-refractivity contribution in [1.29, 1.82) is 0 Å². The number of hydrogen-bond donors (Lipinski definition) is 2. The Labute approximate surface area is 127 Å². The summed E-state index contributed by atoms with van der Waals surface area (Å²) < 4.78 is 0. The van der Waals surface area contributed by atoms with Crippen LogP contribution in [0.25, 0.3) is 0 Å². The minimum Gasteiger partial charge on any atom is -0.481 e. The molecule has 0 aliphatic heterocycles. The molecule has 0 aromatic carbocycles. The number of carboxylic acid groups (broad SMARTS) is 1. The van der Waals surface area contributed by atoms with E-state index in [2.05, 4.69) is 25.2 Å². The van der Waals surface area contributed by atoms with Crippen molar-refractivity contribution in [2.75, 3.05) is 0 Å². The molecule has 0 heterocycles. The summed E-state index contributed by atoms with van der Waals surface area (Å²) >= 11 is 0. The molecule has 0 aromatic heterocycles. The quantitative estimate of drug-likeness (QED) is 0.699. The van der Waals surface area contributed by atoms with Gasteiger partial charge in [0.2, 0.25) is 0 Å². The van der Waals surface area contributed by atoms with Crippen LogP contribution in [0.2, 0.25) is 0 Å². The fourth-order valence-electron chi connectivity index (χ4n) is 3.88. The molecule has 2 aliphatic rings. The lowest BCUT2D eigenvalue weighted by molar-refractivity contribution is -0.139. The highest BCUT2D eigenvalue weighted by molar-refractivity contribution is 5.67. The van der Waals surface area contributed by atoms with Gasteiger partial charge in [-0.1, -0.05) is 38.0 Å². The van der Waals surface area contributed by atoms with Crippen molar-refractivity contribution in [2.24, 2.45) is 17.8 Å². The van der Waals surface area contributed by atoms with Gasteiger partial charge >= 0.3 is 5.97 Å². The number of carbonyl (C=O) groups is 1. The van der Waals surface area contributed by atoms with Crippen LogP contribution in [0, 0.1) is 17.8 Å². The molecule has 2 N–H and O–H groups in total. The summed E-state index contributed by atoms with van der Waals surface area (Å²) in [7, 11) is 0. The minimum atomic E-state index is -0.912. The first-order chi connectivity index (χ1) is 10.1. The van der Waals surface area contributed by atoms with Gasteiger partial charge in [0.15, 0.2) is 0 Å². The van der Waals surface area contributed by atoms with Gasteiger partial charge in [-0.25, -0.2) is 0 Å². The van der Waals surface area contributed by atoms with Gasteiger partial charge in [-0.2, -0.15) is 0 Å². The van der Waals surface area contributed by atoms with Crippen LogP contribution in [0.1, 0.15) is 58.3 Å². The van der Waals surface area contributed by atoms with Crippen LogP contribution in [-0.4, -0.2) is 22.3 Å². The van der Waals surface area contributed by atoms with E-state index in [0.717, 1.165) is 24.7 Å². The van der Waals surface area contributed by atoms with Crippen molar-refractivity contribution in [3.8, 4) is 0 Å². The van der Waals surface area contributed by atoms with Crippen LogP contribution in [-0.2, 0) is 4.79 Å². The molecular weight excluding hydrogens is 264 g/mol. The zero-order valence-corrected chi connectivity index (χ0v) is 13.0. The topological polar surface area (TPSA) is 57.5 Å². The Bertz CT molecular complexity index is 411. The lowest BCUT2D eigenvalue weighted by Gasteiger charge is -2.37. The highest BCUT2D eigenvalue weighted by atomic mass is 16.4. The van der Waals surface area contributed by atoms with E-state index in [0.29, 0.717) is 12.3 Å². The van der Waals surface area contributed by atoms with E-state index < -0.39 is 12.1 Å². The Morgan fingerprint density at radius 1 is 1.43 bits per heavy atom. The van der Waals surface area contributed by atoms with E-state index in [4.69, 9.17) is 5.11 Å². The average molecular weight is 292 g/mol. The van der Waals surface area contributed by atoms with Gasteiger partial charge < -0.3 is 10.2 Å². The van der Waals surface area contributed by atoms with Gasteiger partial charge in [0.1, 0.15) is 0 Å². The highest BCUT2D eigenvalue weighted by Gasteiger charge is 2.31. The maximum Gasteiger partial charge on any atom is 0.305 e. The number of carboxylic acids is 1. The number of allylic oxidation sites excluding steroid dienone is 4. The summed E-state index contributed by atoms with van der Waals surface area (Å²) in [6.45, 7) is 2.31. The Hall–Kier alpha value is -1.09. The molecule has 0 saturated carbocycles. The second-order valence-electron chi connectivity index (χ2n) is 6.66. The maximum absolute atomic E-state index is 10.5. The zero-order valence-electron chi connectivity index (χ0n) is 13.0. The molecule has 118 valence electrons. The molecule has 2 rings (SSSR count). The van der Waals surface area contributed by atoms with Gasteiger partial charge in [0.05, 0.1) is 12.5 Å². The number of unbranched alkanes of at least 4 members (excludes halogenated alkanes) is 1. The Kier molecular flexibility index (Phi) is 6.04. The number of hydrogen-bond acceptors (Lipinski definition) is 2. The summed E-state index contributed by atoms with van der Waals surface area (Å²) in [6, 6.07) is 0. The number of rotatable bonds is 7. The number of aliphatic hydroxyl groups is 1. The lowest BCUT2D eigenvalue weighted by Crippen LogP contribution is -2.27. The van der Waals surface area contributed by atoms with E-state index in [1.54, 1.807) is 0 Å². The van der Waals surface area contributed by atoms with Crippen LogP contribution in [0.3, 0.4) is 0 Å². The molecule has 0 fully saturated rings. The van der Waals surface area contributed by atoms with Gasteiger partial charge in [0.25, 0.3) is 0 Å². The summed E-state index contributed by atoms with van der Waals surface area (Å²) in [5.74, 6) is 1.17. The van der Waals surface area contributed by atoms with E-state index in [9.17, 15) is 9.90 Å². The van der Waals surface area contributed by atoms with E-state index >= 15 is 0 Å². The molecule has 0 spiro atoms. The van der Waals surface area contributed by atoms with Crippen molar-refractivity contribution in [3.63, 3.8) is 0 Å². The van der Waals surface area contributed by atoms with Crippen LogP contribution < -0.4 is 0 Å². The Balaban J connectivity index is 1.77. The molecule has 0 aromatic rings. The normalized spacial score (nSPS) is 29.6.